The standard InChI is InChI=1S/C15H31NO3/c1-4-10-16-14(7-6-11-17-3)15(19-5-2)8-12-18-13-9-15/h14,16H,4-13H2,1-3H3. The first-order chi connectivity index (χ1) is 9.29. The maximum atomic E-state index is 6.18. The fourth-order valence-corrected chi connectivity index (χ4v) is 2.90. The lowest BCUT2D eigenvalue weighted by molar-refractivity contribution is -0.128. The number of rotatable bonds is 10. The molecule has 114 valence electrons. The van der Waals surface area contributed by atoms with Crippen molar-refractivity contribution in [3.05, 3.63) is 0 Å². The zero-order valence-electron chi connectivity index (χ0n) is 12.9. The zero-order valence-corrected chi connectivity index (χ0v) is 12.9. The largest absolute Gasteiger partial charge is 0.385 e. The van der Waals surface area contributed by atoms with Crippen molar-refractivity contribution in [3.63, 3.8) is 0 Å². The molecule has 0 spiro atoms. The molecule has 1 unspecified atom stereocenters. The van der Waals surface area contributed by atoms with Crippen molar-refractivity contribution in [2.75, 3.05) is 40.1 Å². The van der Waals surface area contributed by atoms with Crippen LogP contribution in [0.1, 0.15) is 46.0 Å². The molecule has 0 amide bonds. The van der Waals surface area contributed by atoms with Crippen LogP contribution in [0.15, 0.2) is 0 Å². The van der Waals surface area contributed by atoms with E-state index in [1.165, 1.54) is 0 Å². The van der Waals surface area contributed by atoms with Crippen molar-refractivity contribution in [1.82, 2.24) is 5.32 Å². The first-order valence-corrected chi connectivity index (χ1v) is 7.73. The third-order valence-corrected chi connectivity index (χ3v) is 3.89. The van der Waals surface area contributed by atoms with Gasteiger partial charge in [0.15, 0.2) is 0 Å². The summed E-state index contributed by atoms with van der Waals surface area (Å²) in [7, 11) is 1.77. The van der Waals surface area contributed by atoms with Crippen LogP contribution in [-0.2, 0) is 14.2 Å². The highest BCUT2D eigenvalue weighted by Crippen LogP contribution is 2.31. The molecule has 1 aliphatic heterocycles. The van der Waals surface area contributed by atoms with Gasteiger partial charge >= 0.3 is 0 Å². The van der Waals surface area contributed by atoms with Gasteiger partial charge in [0, 0.05) is 52.4 Å². The number of hydrogen-bond acceptors (Lipinski definition) is 4. The predicted molar refractivity (Wildman–Crippen MR) is 77.6 cm³/mol. The van der Waals surface area contributed by atoms with Crippen LogP contribution >= 0.6 is 0 Å². The molecule has 1 atom stereocenters. The Bertz CT molecular complexity index is 212. The molecule has 0 aromatic carbocycles. The molecule has 0 radical (unpaired) electrons. The highest BCUT2D eigenvalue weighted by Gasteiger charge is 2.40. The molecule has 0 bridgehead atoms. The molecule has 1 aliphatic rings. The van der Waals surface area contributed by atoms with E-state index >= 15 is 0 Å². The van der Waals surface area contributed by atoms with E-state index in [4.69, 9.17) is 14.2 Å². The van der Waals surface area contributed by atoms with Crippen molar-refractivity contribution in [2.45, 2.75) is 57.6 Å². The van der Waals surface area contributed by atoms with Crippen molar-refractivity contribution in [1.29, 1.82) is 0 Å². The smallest absolute Gasteiger partial charge is 0.0878 e. The van der Waals surface area contributed by atoms with Crippen LogP contribution in [0.3, 0.4) is 0 Å². The zero-order chi connectivity index (χ0) is 14.0. The van der Waals surface area contributed by atoms with E-state index in [1.807, 2.05) is 0 Å². The molecule has 4 heteroatoms. The summed E-state index contributed by atoms with van der Waals surface area (Å²) in [4.78, 5) is 0. The van der Waals surface area contributed by atoms with Crippen LogP contribution in [0, 0.1) is 0 Å². The Morgan fingerprint density at radius 3 is 2.58 bits per heavy atom. The van der Waals surface area contributed by atoms with Crippen molar-refractivity contribution >= 4 is 0 Å². The van der Waals surface area contributed by atoms with E-state index < -0.39 is 0 Å². The highest BCUT2D eigenvalue weighted by atomic mass is 16.5. The van der Waals surface area contributed by atoms with Gasteiger partial charge in [0.25, 0.3) is 0 Å². The van der Waals surface area contributed by atoms with Crippen LogP contribution in [0.5, 0.6) is 0 Å². The minimum absolute atomic E-state index is 0.0457. The highest BCUT2D eigenvalue weighted by molar-refractivity contribution is 4.95. The van der Waals surface area contributed by atoms with E-state index in [0.29, 0.717) is 6.04 Å². The number of hydrogen-bond donors (Lipinski definition) is 1. The SMILES string of the molecule is CCCNC(CCCOC)C1(OCC)CCOCC1. The summed E-state index contributed by atoms with van der Waals surface area (Å²) in [6, 6.07) is 0.409. The van der Waals surface area contributed by atoms with Gasteiger partial charge in [0.05, 0.1) is 5.60 Å². The summed E-state index contributed by atoms with van der Waals surface area (Å²) in [6.45, 7) is 8.56. The molecular weight excluding hydrogens is 242 g/mol. The van der Waals surface area contributed by atoms with E-state index in [9.17, 15) is 0 Å². The van der Waals surface area contributed by atoms with Crippen molar-refractivity contribution < 1.29 is 14.2 Å². The lowest BCUT2D eigenvalue weighted by Crippen LogP contribution is -2.55. The molecular formula is C15H31NO3. The number of ether oxygens (including phenoxy) is 3. The second-order valence-corrected chi connectivity index (χ2v) is 5.25. The average molecular weight is 273 g/mol. The second-order valence-electron chi connectivity index (χ2n) is 5.25. The van der Waals surface area contributed by atoms with Crippen LogP contribution in [-0.4, -0.2) is 51.7 Å². The Labute approximate surface area is 118 Å². The Morgan fingerprint density at radius 2 is 2.00 bits per heavy atom. The Morgan fingerprint density at radius 1 is 1.26 bits per heavy atom. The molecule has 4 nitrogen and oxygen atoms in total. The maximum Gasteiger partial charge on any atom is 0.0878 e. The van der Waals surface area contributed by atoms with E-state index in [0.717, 1.165) is 65.1 Å². The average Bonchev–Trinajstić information content (AvgIpc) is 2.44. The van der Waals surface area contributed by atoms with Gasteiger partial charge in [-0.1, -0.05) is 6.92 Å². The Balaban J connectivity index is 2.64. The third kappa shape index (κ3) is 5.38. The summed E-state index contributed by atoms with van der Waals surface area (Å²) in [5, 5.41) is 3.69. The second kappa shape index (κ2) is 9.70. The maximum absolute atomic E-state index is 6.18. The van der Waals surface area contributed by atoms with Gasteiger partial charge in [0.1, 0.15) is 0 Å². The molecule has 1 fully saturated rings. The van der Waals surface area contributed by atoms with Gasteiger partial charge in [-0.15, -0.1) is 0 Å². The molecule has 1 rings (SSSR count). The molecule has 0 aromatic heterocycles. The minimum Gasteiger partial charge on any atom is -0.385 e. The molecule has 1 N–H and O–H groups in total. The van der Waals surface area contributed by atoms with Crippen molar-refractivity contribution in [3.8, 4) is 0 Å². The monoisotopic (exact) mass is 273 g/mol. The molecule has 19 heavy (non-hydrogen) atoms. The molecule has 1 saturated heterocycles. The van der Waals surface area contributed by atoms with Crippen LogP contribution in [0.4, 0.5) is 0 Å². The summed E-state index contributed by atoms with van der Waals surface area (Å²) in [6.07, 6.45) is 5.32. The van der Waals surface area contributed by atoms with Gasteiger partial charge in [-0.05, 0) is 32.7 Å². The van der Waals surface area contributed by atoms with E-state index in [2.05, 4.69) is 19.2 Å². The van der Waals surface area contributed by atoms with Gasteiger partial charge in [-0.25, -0.2) is 0 Å². The number of methoxy groups -OCH3 is 1. The topological polar surface area (TPSA) is 39.7 Å². The first-order valence-electron chi connectivity index (χ1n) is 7.73. The van der Waals surface area contributed by atoms with Crippen molar-refractivity contribution in [2.24, 2.45) is 0 Å². The quantitative estimate of drug-likeness (QED) is 0.620. The summed E-state index contributed by atoms with van der Waals surface area (Å²) in [5.41, 5.74) is -0.0457. The summed E-state index contributed by atoms with van der Waals surface area (Å²) < 4.78 is 16.9. The van der Waals surface area contributed by atoms with Crippen LogP contribution < -0.4 is 5.32 Å². The third-order valence-electron chi connectivity index (χ3n) is 3.89. The van der Waals surface area contributed by atoms with Gasteiger partial charge < -0.3 is 19.5 Å². The van der Waals surface area contributed by atoms with E-state index in [-0.39, 0.29) is 5.60 Å². The van der Waals surface area contributed by atoms with Gasteiger partial charge in [-0.2, -0.15) is 0 Å². The summed E-state index contributed by atoms with van der Waals surface area (Å²) >= 11 is 0. The summed E-state index contributed by atoms with van der Waals surface area (Å²) in [5.74, 6) is 0. The van der Waals surface area contributed by atoms with E-state index in [1.54, 1.807) is 7.11 Å². The Kier molecular flexibility index (Phi) is 8.62. The first kappa shape index (κ1) is 16.9. The fraction of sp³-hybridized carbons (Fsp3) is 1.00. The van der Waals surface area contributed by atoms with Crippen LogP contribution in [0.25, 0.3) is 0 Å². The fourth-order valence-electron chi connectivity index (χ4n) is 2.90. The Hall–Kier alpha value is -0.160. The van der Waals surface area contributed by atoms with Crippen LogP contribution in [0.2, 0.25) is 0 Å². The van der Waals surface area contributed by atoms with Gasteiger partial charge in [0.2, 0.25) is 0 Å². The predicted octanol–water partition coefficient (Wildman–Crippen LogP) is 2.37. The molecule has 0 aliphatic carbocycles. The lowest BCUT2D eigenvalue weighted by Gasteiger charge is -2.43. The lowest BCUT2D eigenvalue weighted by atomic mass is 9.83. The minimum atomic E-state index is -0.0457. The molecule has 1 heterocycles. The van der Waals surface area contributed by atoms with Gasteiger partial charge in [-0.3, -0.25) is 0 Å². The molecule has 0 aromatic rings. The normalized spacial score (nSPS) is 20.4. The molecule has 0 saturated carbocycles. The number of nitrogens with one attached hydrogen (secondary N) is 1.